The lowest BCUT2D eigenvalue weighted by atomic mass is 10.2. The number of para-hydroxylation sites is 1. The summed E-state index contributed by atoms with van der Waals surface area (Å²) >= 11 is 4.73. The normalized spacial score (nSPS) is 10.7. The van der Waals surface area contributed by atoms with Crippen molar-refractivity contribution in [2.24, 2.45) is 0 Å². The topological polar surface area (TPSA) is 16.4 Å². The molecule has 0 radical (unpaired) electrons. The molecule has 1 heterocycles. The van der Waals surface area contributed by atoms with Crippen LogP contribution in [0.15, 0.2) is 59.0 Å². The average Bonchev–Trinajstić information content (AvgIpc) is 2.84. The molecule has 4 heteroatoms. The quantitative estimate of drug-likeness (QED) is 0.385. The van der Waals surface area contributed by atoms with Crippen LogP contribution >= 0.6 is 45.2 Å². The molecule has 0 aliphatic rings. The molecule has 22 heavy (non-hydrogen) atoms. The molecule has 1 aromatic heterocycles. The van der Waals surface area contributed by atoms with Crippen LogP contribution in [0.4, 0.5) is 11.6 Å². The van der Waals surface area contributed by atoms with E-state index in [-0.39, 0.29) is 0 Å². The maximum atomic E-state index is 6.21. The molecular weight excluding hydrogens is 500 g/mol. The van der Waals surface area contributed by atoms with E-state index >= 15 is 0 Å². The second kappa shape index (κ2) is 6.62. The van der Waals surface area contributed by atoms with Gasteiger partial charge in [-0.05, 0) is 63.7 Å². The minimum absolute atomic E-state index is 0.887. The molecule has 112 valence electrons. The Kier molecular flexibility index (Phi) is 4.77. The second-order valence-corrected chi connectivity index (χ2v) is 7.23. The minimum atomic E-state index is 0.887. The van der Waals surface area contributed by atoms with Crippen LogP contribution in [0.2, 0.25) is 0 Å². The number of rotatable bonds is 3. The van der Waals surface area contributed by atoms with E-state index < -0.39 is 0 Å². The molecule has 0 fully saturated rings. The number of anilines is 2. The molecule has 2 aromatic carbocycles. The lowest BCUT2D eigenvalue weighted by molar-refractivity contribution is 0.581. The summed E-state index contributed by atoms with van der Waals surface area (Å²) < 4.78 is 8.51. The monoisotopic (exact) mass is 515 g/mol. The molecule has 0 spiro atoms. The van der Waals surface area contributed by atoms with Gasteiger partial charge in [-0.25, -0.2) is 0 Å². The summed E-state index contributed by atoms with van der Waals surface area (Å²) in [5.74, 6) is 1.82. The van der Waals surface area contributed by atoms with Crippen LogP contribution in [0, 0.1) is 14.1 Å². The zero-order valence-electron chi connectivity index (χ0n) is 12.3. The van der Waals surface area contributed by atoms with Crippen LogP contribution in [-0.2, 0) is 0 Å². The average molecular weight is 515 g/mol. The van der Waals surface area contributed by atoms with E-state index in [4.69, 9.17) is 4.42 Å². The van der Waals surface area contributed by atoms with Crippen molar-refractivity contribution in [2.45, 2.75) is 6.92 Å². The molecule has 3 aromatic rings. The predicted molar refractivity (Wildman–Crippen MR) is 109 cm³/mol. The highest BCUT2D eigenvalue weighted by Gasteiger charge is 2.21. The van der Waals surface area contributed by atoms with Crippen LogP contribution in [-0.4, -0.2) is 7.05 Å². The van der Waals surface area contributed by atoms with Gasteiger partial charge < -0.3 is 9.32 Å². The van der Waals surface area contributed by atoms with E-state index in [1.165, 1.54) is 5.56 Å². The third-order valence-electron chi connectivity index (χ3n) is 3.60. The van der Waals surface area contributed by atoms with Crippen molar-refractivity contribution in [3.63, 3.8) is 0 Å². The van der Waals surface area contributed by atoms with Gasteiger partial charge in [-0.15, -0.1) is 0 Å². The van der Waals surface area contributed by atoms with Crippen LogP contribution in [0.1, 0.15) is 5.56 Å². The second-order valence-electron chi connectivity index (χ2n) is 5.08. The molecule has 0 amide bonds. The van der Waals surface area contributed by atoms with Gasteiger partial charge in [0.2, 0.25) is 5.88 Å². The first-order valence-electron chi connectivity index (χ1n) is 6.92. The lowest BCUT2D eigenvalue weighted by Crippen LogP contribution is -2.11. The molecule has 0 N–H and O–H groups in total. The first-order chi connectivity index (χ1) is 10.6. The van der Waals surface area contributed by atoms with Gasteiger partial charge in [0.25, 0.3) is 0 Å². The van der Waals surface area contributed by atoms with Crippen molar-refractivity contribution in [3.05, 3.63) is 67.3 Å². The summed E-state index contributed by atoms with van der Waals surface area (Å²) in [4.78, 5) is 2.12. The Labute approximate surface area is 157 Å². The van der Waals surface area contributed by atoms with Crippen molar-refractivity contribution in [2.75, 3.05) is 11.9 Å². The molecule has 0 aliphatic carbocycles. The number of benzene rings is 2. The van der Waals surface area contributed by atoms with Gasteiger partial charge in [0.05, 0.1) is 7.14 Å². The van der Waals surface area contributed by atoms with Gasteiger partial charge in [-0.2, -0.15) is 0 Å². The number of furan rings is 1. The predicted octanol–water partition coefficient (Wildman–Crippen LogP) is 6.23. The third-order valence-corrected chi connectivity index (χ3v) is 6.66. The Balaban J connectivity index is 2.08. The van der Waals surface area contributed by atoms with Gasteiger partial charge in [0.15, 0.2) is 5.76 Å². The summed E-state index contributed by atoms with van der Waals surface area (Å²) in [5.41, 5.74) is 3.49. The molecule has 0 atom stereocenters. The minimum Gasteiger partial charge on any atom is -0.438 e. The van der Waals surface area contributed by atoms with E-state index in [0.29, 0.717) is 0 Å². The highest BCUT2D eigenvalue weighted by molar-refractivity contribution is 14.1. The van der Waals surface area contributed by atoms with Crippen LogP contribution in [0.25, 0.3) is 11.3 Å². The molecule has 0 saturated carbocycles. The van der Waals surface area contributed by atoms with Gasteiger partial charge >= 0.3 is 0 Å². The van der Waals surface area contributed by atoms with Crippen molar-refractivity contribution < 1.29 is 4.42 Å². The first-order valence-corrected chi connectivity index (χ1v) is 9.08. The summed E-state index contributed by atoms with van der Waals surface area (Å²) in [6.45, 7) is 2.12. The van der Waals surface area contributed by atoms with Crippen molar-refractivity contribution >= 4 is 56.8 Å². The van der Waals surface area contributed by atoms with Gasteiger partial charge in [-0.1, -0.05) is 48.5 Å². The summed E-state index contributed by atoms with van der Waals surface area (Å²) in [6, 6.07) is 18.6. The fraction of sp³-hybridized carbons (Fsp3) is 0.111. The van der Waals surface area contributed by atoms with Crippen LogP contribution in [0.5, 0.6) is 0 Å². The molecular formula is C18H15I2NO. The number of hydrogen-bond acceptors (Lipinski definition) is 2. The largest absolute Gasteiger partial charge is 0.438 e. The number of halogens is 2. The molecule has 0 saturated heterocycles. The van der Waals surface area contributed by atoms with E-state index in [1.54, 1.807) is 0 Å². The van der Waals surface area contributed by atoms with E-state index in [0.717, 1.165) is 30.0 Å². The van der Waals surface area contributed by atoms with E-state index in [9.17, 15) is 0 Å². The maximum Gasteiger partial charge on any atom is 0.214 e. The molecule has 2 nitrogen and oxygen atoms in total. The first kappa shape index (κ1) is 15.9. The van der Waals surface area contributed by atoms with E-state index in [1.807, 2.05) is 25.2 Å². The van der Waals surface area contributed by atoms with Gasteiger partial charge in [-0.3, -0.25) is 0 Å². The zero-order chi connectivity index (χ0) is 15.7. The van der Waals surface area contributed by atoms with Gasteiger partial charge in [0.1, 0.15) is 0 Å². The Bertz CT molecular complexity index is 796. The molecule has 0 bridgehead atoms. The van der Waals surface area contributed by atoms with Crippen molar-refractivity contribution in [1.29, 1.82) is 0 Å². The Morgan fingerprint density at radius 2 is 1.50 bits per heavy atom. The van der Waals surface area contributed by atoms with Crippen LogP contribution < -0.4 is 4.90 Å². The summed E-state index contributed by atoms with van der Waals surface area (Å²) in [7, 11) is 2.05. The number of aryl methyl sites for hydroxylation is 1. The Hall–Kier alpha value is -1.02. The fourth-order valence-electron chi connectivity index (χ4n) is 2.42. The highest BCUT2D eigenvalue weighted by atomic mass is 127. The molecule has 3 rings (SSSR count). The van der Waals surface area contributed by atoms with Crippen LogP contribution in [0.3, 0.4) is 0 Å². The lowest BCUT2D eigenvalue weighted by Gasteiger charge is -2.19. The smallest absolute Gasteiger partial charge is 0.214 e. The van der Waals surface area contributed by atoms with Crippen molar-refractivity contribution in [3.8, 4) is 11.3 Å². The maximum absolute atomic E-state index is 6.21. The Morgan fingerprint density at radius 1 is 0.864 bits per heavy atom. The Morgan fingerprint density at radius 3 is 2.18 bits per heavy atom. The summed E-state index contributed by atoms with van der Waals surface area (Å²) in [6.07, 6.45) is 0. The standard InChI is InChI=1S/C18H15I2NO/c1-12-8-6-7-11-14(12)21(2)18-16(20)15(19)17(22-18)13-9-4-3-5-10-13/h3-11H,1-2H3. The SMILES string of the molecule is Cc1ccccc1N(C)c1oc(-c2ccccc2)c(I)c1I. The third kappa shape index (κ3) is 2.90. The fourth-order valence-corrected chi connectivity index (χ4v) is 3.79. The zero-order valence-corrected chi connectivity index (χ0v) is 16.6. The number of hydrogen-bond donors (Lipinski definition) is 0. The van der Waals surface area contributed by atoms with Crippen molar-refractivity contribution in [1.82, 2.24) is 0 Å². The molecule has 0 aliphatic heterocycles. The highest BCUT2D eigenvalue weighted by Crippen LogP contribution is 2.40. The summed E-state index contributed by atoms with van der Waals surface area (Å²) in [5, 5.41) is 0. The number of nitrogens with zero attached hydrogens (tertiary/aromatic N) is 1. The van der Waals surface area contributed by atoms with E-state index in [2.05, 4.69) is 93.4 Å². The molecule has 0 unspecified atom stereocenters. The van der Waals surface area contributed by atoms with Gasteiger partial charge in [0, 0.05) is 18.3 Å².